The Morgan fingerprint density at radius 2 is 1.27 bits per heavy atom. The molecule has 194 valence electrons. The molecule has 33 heavy (non-hydrogen) atoms. The lowest BCUT2D eigenvalue weighted by Gasteiger charge is -2.21. The van der Waals surface area contributed by atoms with E-state index in [0.717, 1.165) is 64.1 Å². The molecule has 0 saturated carbocycles. The number of allylic oxidation sites excluding steroid dienone is 1. The summed E-state index contributed by atoms with van der Waals surface area (Å²) in [4.78, 5) is 14.4. The SMILES string of the molecule is C=C(CCN(CCC)CCC(=O)OCC/C=C\CCCCC)OCCCCCCCCCC. The Morgan fingerprint density at radius 1 is 0.667 bits per heavy atom. The van der Waals surface area contributed by atoms with E-state index in [1.807, 2.05) is 0 Å². The minimum atomic E-state index is -0.0970. The summed E-state index contributed by atoms with van der Waals surface area (Å²) >= 11 is 0. The van der Waals surface area contributed by atoms with Crippen molar-refractivity contribution in [2.24, 2.45) is 0 Å². The first-order valence-electron chi connectivity index (χ1n) is 14.0. The maximum atomic E-state index is 12.0. The van der Waals surface area contributed by atoms with Crippen molar-refractivity contribution in [1.29, 1.82) is 0 Å². The number of nitrogens with zero attached hydrogens (tertiary/aromatic N) is 1. The molecule has 0 aromatic heterocycles. The van der Waals surface area contributed by atoms with Gasteiger partial charge in [-0.05, 0) is 38.6 Å². The molecule has 0 spiro atoms. The first-order chi connectivity index (χ1) is 16.1. The van der Waals surface area contributed by atoms with Crippen molar-refractivity contribution in [3.63, 3.8) is 0 Å². The first kappa shape index (κ1) is 31.7. The summed E-state index contributed by atoms with van der Waals surface area (Å²) in [5, 5.41) is 0. The van der Waals surface area contributed by atoms with Gasteiger partial charge in [0.05, 0.1) is 25.4 Å². The van der Waals surface area contributed by atoms with Gasteiger partial charge in [-0.25, -0.2) is 0 Å². The molecular weight excluding hydrogens is 410 g/mol. The third-order valence-electron chi connectivity index (χ3n) is 5.87. The quantitative estimate of drug-likeness (QED) is 0.0589. The zero-order valence-electron chi connectivity index (χ0n) is 22.4. The Balaban J connectivity index is 3.78. The standard InChI is InChI=1S/C29H55NO3/c1-5-8-10-12-14-16-17-19-26-32-28(4)21-24-30(23-7-3)25-22-29(31)33-27-20-18-15-13-11-9-6-2/h15,18H,4-14,16-17,19-27H2,1-3H3/b18-15-. The largest absolute Gasteiger partial charge is 0.499 e. The molecule has 0 saturated heterocycles. The van der Waals surface area contributed by atoms with Gasteiger partial charge in [0.1, 0.15) is 0 Å². The summed E-state index contributed by atoms with van der Waals surface area (Å²) in [5.74, 6) is 0.771. The van der Waals surface area contributed by atoms with E-state index in [9.17, 15) is 4.79 Å². The molecule has 0 aliphatic heterocycles. The lowest BCUT2D eigenvalue weighted by molar-refractivity contribution is -0.143. The number of ether oxygens (including phenoxy) is 2. The van der Waals surface area contributed by atoms with Crippen molar-refractivity contribution < 1.29 is 14.3 Å². The van der Waals surface area contributed by atoms with E-state index in [0.29, 0.717) is 13.0 Å². The summed E-state index contributed by atoms with van der Waals surface area (Å²) in [6.45, 7) is 14.6. The fourth-order valence-corrected chi connectivity index (χ4v) is 3.77. The van der Waals surface area contributed by atoms with E-state index < -0.39 is 0 Å². The highest BCUT2D eigenvalue weighted by Gasteiger charge is 2.09. The highest BCUT2D eigenvalue weighted by atomic mass is 16.5. The maximum absolute atomic E-state index is 12.0. The minimum Gasteiger partial charge on any atom is -0.499 e. The van der Waals surface area contributed by atoms with E-state index >= 15 is 0 Å². The molecule has 0 radical (unpaired) electrons. The van der Waals surface area contributed by atoms with E-state index in [1.54, 1.807) is 0 Å². The number of unbranched alkanes of at least 4 members (excludes halogenated alkanes) is 10. The molecule has 0 rings (SSSR count). The van der Waals surface area contributed by atoms with Gasteiger partial charge in [0.15, 0.2) is 0 Å². The molecule has 0 aromatic rings. The van der Waals surface area contributed by atoms with Gasteiger partial charge in [-0.3, -0.25) is 4.79 Å². The monoisotopic (exact) mass is 465 g/mol. The molecule has 0 aliphatic carbocycles. The Hall–Kier alpha value is -1.29. The maximum Gasteiger partial charge on any atom is 0.307 e. The Bertz CT molecular complexity index is 475. The van der Waals surface area contributed by atoms with E-state index in [2.05, 4.69) is 44.4 Å². The number of esters is 1. The first-order valence-corrected chi connectivity index (χ1v) is 14.0. The Kier molecular flexibility index (Phi) is 24.3. The van der Waals surface area contributed by atoms with Crippen LogP contribution in [0, 0.1) is 0 Å². The molecule has 0 bridgehead atoms. The van der Waals surface area contributed by atoms with Crippen LogP contribution in [0.4, 0.5) is 0 Å². The van der Waals surface area contributed by atoms with Gasteiger partial charge in [0.25, 0.3) is 0 Å². The van der Waals surface area contributed by atoms with Crippen LogP contribution in [0.15, 0.2) is 24.5 Å². The van der Waals surface area contributed by atoms with Crippen LogP contribution in [0.5, 0.6) is 0 Å². The van der Waals surface area contributed by atoms with Gasteiger partial charge in [0, 0.05) is 19.5 Å². The molecule has 4 nitrogen and oxygen atoms in total. The van der Waals surface area contributed by atoms with Crippen molar-refractivity contribution in [2.75, 3.05) is 32.8 Å². The molecule has 0 amide bonds. The average Bonchev–Trinajstić information content (AvgIpc) is 2.81. The normalized spacial score (nSPS) is 11.4. The highest BCUT2D eigenvalue weighted by Crippen LogP contribution is 2.10. The zero-order valence-corrected chi connectivity index (χ0v) is 22.4. The second-order valence-corrected chi connectivity index (χ2v) is 9.18. The second-order valence-electron chi connectivity index (χ2n) is 9.18. The molecule has 0 heterocycles. The third-order valence-corrected chi connectivity index (χ3v) is 5.87. The van der Waals surface area contributed by atoms with Crippen molar-refractivity contribution in [2.45, 2.75) is 124 Å². The predicted molar refractivity (Wildman–Crippen MR) is 143 cm³/mol. The van der Waals surface area contributed by atoms with Crippen LogP contribution < -0.4 is 0 Å². The summed E-state index contributed by atoms with van der Waals surface area (Å²) < 4.78 is 11.2. The van der Waals surface area contributed by atoms with Crippen LogP contribution in [-0.2, 0) is 14.3 Å². The topological polar surface area (TPSA) is 38.8 Å². The molecule has 0 N–H and O–H groups in total. The summed E-state index contributed by atoms with van der Waals surface area (Å²) in [7, 11) is 0. The van der Waals surface area contributed by atoms with Gasteiger partial charge in [-0.1, -0.05) is 97.3 Å². The smallest absolute Gasteiger partial charge is 0.307 e. The lowest BCUT2D eigenvalue weighted by Crippen LogP contribution is -2.29. The van der Waals surface area contributed by atoms with Gasteiger partial charge in [-0.15, -0.1) is 0 Å². The number of carbonyl (C=O) groups is 1. The van der Waals surface area contributed by atoms with Crippen LogP contribution in [0.2, 0.25) is 0 Å². The van der Waals surface area contributed by atoms with Crippen molar-refractivity contribution in [3.8, 4) is 0 Å². The summed E-state index contributed by atoms with van der Waals surface area (Å²) in [5.41, 5.74) is 0. The van der Waals surface area contributed by atoms with E-state index in [4.69, 9.17) is 9.47 Å². The number of hydrogen-bond donors (Lipinski definition) is 0. The second kappa shape index (κ2) is 25.3. The number of hydrogen-bond acceptors (Lipinski definition) is 4. The van der Waals surface area contributed by atoms with Crippen LogP contribution in [0.1, 0.15) is 124 Å². The molecular formula is C29H55NO3. The molecule has 0 aliphatic rings. The molecule has 0 aromatic carbocycles. The Labute approximate surface area is 206 Å². The van der Waals surface area contributed by atoms with E-state index in [-0.39, 0.29) is 5.97 Å². The number of carbonyl (C=O) groups excluding carboxylic acids is 1. The van der Waals surface area contributed by atoms with Crippen LogP contribution in [-0.4, -0.2) is 43.7 Å². The predicted octanol–water partition coefficient (Wildman–Crippen LogP) is 8.22. The van der Waals surface area contributed by atoms with Crippen molar-refractivity contribution >= 4 is 5.97 Å². The molecule has 0 fully saturated rings. The summed E-state index contributed by atoms with van der Waals surface area (Å²) in [6.07, 6.45) is 22.9. The van der Waals surface area contributed by atoms with Crippen molar-refractivity contribution in [3.05, 3.63) is 24.5 Å². The molecule has 0 unspecified atom stereocenters. The highest BCUT2D eigenvalue weighted by molar-refractivity contribution is 5.69. The minimum absolute atomic E-state index is 0.0970. The molecule has 0 atom stereocenters. The number of rotatable bonds is 25. The van der Waals surface area contributed by atoms with Crippen LogP contribution in [0.3, 0.4) is 0 Å². The molecule has 4 heteroatoms. The van der Waals surface area contributed by atoms with E-state index in [1.165, 1.54) is 64.2 Å². The van der Waals surface area contributed by atoms with Crippen molar-refractivity contribution in [1.82, 2.24) is 4.90 Å². The third kappa shape index (κ3) is 23.7. The van der Waals surface area contributed by atoms with Gasteiger partial charge in [0.2, 0.25) is 0 Å². The van der Waals surface area contributed by atoms with Gasteiger partial charge >= 0.3 is 5.97 Å². The van der Waals surface area contributed by atoms with Gasteiger partial charge < -0.3 is 14.4 Å². The van der Waals surface area contributed by atoms with Gasteiger partial charge in [-0.2, -0.15) is 0 Å². The average molecular weight is 466 g/mol. The lowest BCUT2D eigenvalue weighted by atomic mass is 10.1. The Morgan fingerprint density at radius 3 is 1.97 bits per heavy atom. The van der Waals surface area contributed by atoms with Crippen LogP contribution >= 0.6 is 0 Å². The van der Waals surface area contributed by atoms with Crippen LogP contribution in [0.25, 0.3) is 0 Å². The fourth-order valence-electron chi connectivity index (χ4n) is 3.77. The summed E-state index contributed by atoms with van der Waals surface area (Å²) in [6, 6.07) is 0. The zero-order chi connectivity index (χ0) is 24.4. The fraction of sp³-hybridized carbons (Fsp3) is 0.828.